The number of benzene rings is 5. The predicted octanol–water partition coefficient (Wildman–Crippen LogP) is 10.5. The van der Waals surface area contributed by atoms with Crippen LogP contribution in [-0.2, 0) is 10.8 Å². The maximum absolute atomic E-state index is 2.53. The first kappa shape index (κ1) is 23.6. The van der Waals surface area contributed by atoms with Crippen LogP contribution in [0.4, 0.5) is 17.1 Å². The third kappa shape index (κ3) is 3.02. The molecule has 4 aliphatic carbocycles. The Morgan fingerprint density at radius 1 is 0.585 bits per heavy atom. The van der Waals surface area contributed by atoms with Gasteiger partial charge in [0.15, 0.2) is 0 Å². The van der Waals surface area contributed by atoms with Gasteiger partial charge in [-0.15, -0.1) is 0 Å². The zero-order valence-corrected chi connectivity index (χ0v) is 23.9. The van der Waals surface area contributed by atoms with Crippen LogP contribution in [0.5, 0.6) is 0 Å². The number of para-hydroxylation sites is 1. The molecule has 4 aliphatic rings. The Labute approximate surface area is 243 Å². The maximum Gasteiger partial charge on any atom is 0.0543 e. The second-order valence-corrected chi connectivity index (χ2v) is 13.4. The standard InChI is InChI=1S/C40H35N/c1-39(2)33-15-8-6-13-30(33)31-22-21-29(24-36(31)39)41(28-11-4-3-5-12-28)37-18-10-17-35-38(37)32-14-7-9-16-34(32)40(35)25-26-19-20-27(40)23-26/h3-18,21-22,24,26-27H,19-20,23,25H2,1-2H3. The van der Waals surface area contributed by atoms with Gasteiger partial charge in [-0.05, 0) is 100 Å². The minimum Gasteiger partial charge on any atom is -0.310 e. The highest BCUT2D eigenvalue weighted by atomic mass is 15.1. The Morgan fingerprint density at radius 3 is 2.07 bits per heavy atom. The topological polar surface area (TPSA) is 3.24 Å². The fourth-order valence-electron chi connectivity index (χ4n) is 9.44. The van der Waals surface area contributed by atoms with Gasteiger partial charge in [-0.25, -0.2) is 0 Å². The second kappa shape index (κ2) is 8.23. The van der Waals surface area contributed by atoms with Gasteiger partial charge in [0.2, 0.25) is 0 Å². The molecule has 0 N–H and O–H groups in total. The summed E-state index contributed by atoms with van der Waals surface area (Å²) < 4.78 is 0. The molecule has 41 heavy (non-hydrogen) atoms. The van der Waals surface area contributed by atoms with Crippen LogP contribution < -0.4 is 4.90 Å². The van der Waals surface area contributed by atoms with Gasteiger partial charge >= 0.3 is 0 Å². The van der Waals surface area contributed by atoms with E-state index in [1.165, 1.54) is 76.1 Å². The lowest BCUT2D eigenvalue weighted by atomic mass is 9.67. The van der Waals surface area contributed by atoms with Gasteiger partial charge in [-0.2, -0.15) is 0 Å². The maximum atomic E-state index is 2.53. The molecule has 5 aromatic carbocycles. The van der Waals surface area contributed by atoms with Crippen LogP contribution in [0, 0.1) is 11.8 Å². The van der Waals surface area contributed by atoms with E-state index in [9.17, 15) is 0 Å². The summed E-state index contributed by atoms with van der Waals surface area (Å²) in [6, 6.07) is 43.6. The average molecular weight is 530 g/mol. The normalized spacial score (nSPS) is 23.8. The average Bonchev–Trinajstić information content (AvgIpc) is 3.75. The summed E-state index contributed by atoms with van der Waals surface area (Å²) in [6.45, 7) is 4.76. The summed E-state index contributed by atoms with van der Waals surface area (Å²) in [6.07, 6.45) is 5.47. The Hall–Kier alpha value is -4.10. The first-order chi connectivity index (χ1) is 20.1. The van der Waals surface area contributed by atoms with Crippen molar-refractivity contribution >= 4 is 17.1 Å². The van der Waals surface area contributed by atoms with Crippen LogP contribution in [0.2, 0.25) is 0 Å². The van der Waals surface area contributed by atoms with Gasteiger partial charge in [-0.3, -0.25) is 0 Å². The molecular formula is C40H35N. The smallest absolute Gasteiger partial charge is 0.0543 e. The van der Waals surface area contributed by atoms with E-state index < -0.39 is 0 Å². The van der Waals surface area contributed by atoms with Crippen LogP contribution in [0.25, 0.3) is 22.3 Å². The first-order valence-electron chi connectivity index (χ1n) is 15.4. The molecule has 3 unspecified atom stereocenters. The summed E-state index contributed by atoms with van der Waals surface area (Å²) in [5, 5.41) is 0. The number of hydrogen-bond acceptors (Lipinski definition) is 1. The van der Waals surface area contributed by atoms with Crippen LogP contribution in [-0.4, -0.2) is 0 Å². The zero-order chi connectivity index (χ0) is 27.3. The molecule has 0 heterocycles. The van der Waals surface area contributed by atoms with Crippen molar-refractivity contribution in [3.63, 3.8) is 0 Å². The number of fused-ring (bicyclic) bond motifs is 11. The summed E-state index contributed by atoms with van der Waals surface area (Å²) in [7, 11) is 0. The lowest BCUT2D eigenvalue weighted by Gasteiger charge is -2.37. The monoisotopic (exact) mass is 529 g/mol. The molecule has 5 aromatic rings. The first-order valence-corrected chi connectivity index (χ1v) is 15.4. The molecule has 2 fully saturated rings. The van der Waals surface area contributed by atoms with Crippen molar-refractivity contribution in [2.45, 2.75) is 50.4 Å². The minimum absolute atomic E-state index is 0.0390. The van der Waals surface area contributed by atoms with E-state index in [-0.39, 0.29) is 10.8 Å². The van der Waals surface area contributed by atoms with Crippen LogP contribution in [0.1, 0.15) is 61.8 Å². The van der Waals surface area contributed by atoms with Gasteiger partial charge in [0, 0.05) is 27.8 Å². The number of anilines is 3. The highest BCUT2D eigenvalue weighted by Crippen LogP contribution is 2.67. The molecule has 0 amide bonds. The molecule has 1 nitrogen and oxygen atoms in total. The van der Waals surface area contributed by atoms with Crippen LogP contribution in [0.3, 0.4) is 0 Å². The largest absolute Gasteiger partial charge is 0.310 e. The second-order valence-electron chi connectivity index (χ2n) is 13.4. The van der Waals surface area contributed by atoms with E-state index >= 15 is 0 Å². The Kier molecular flexibility index (Phi) is 4.73. The van der Waals surface area contributed by atoms with Gasteiger partial charge < -0.3 is 4.90 Å². The number of nitrogens with zero attached hydrogens (tertiary/aromatic N) is 1. The van der Waals surface area contributed by atoms with Crippen molar-refractivity contribution in [1.82, 2.24) is 0 Å². The molecular weight excluding hydrogens is 494 g/mol. The highest BCUT2D eigenvalue weighted by molar-refractivity contribution is 5.96. The summed E-state index contributed by atoms with van der Waals surface area (Å²) in [5.74, 6) is 1.63. The summed E-state index contributed by atoms with van der Waals surface area (Å²) in [4.78, 5) is 2.53. The number of hydrogen-bond donors (Lipinski definition) is 0. The summed E-state index contributed by atoms with van der Waals surface area (Å²) >= 11 is 0. The molecule has 2 bridgehead atoms. The van der Waals surface area contributed by atoms with Crippen LogP contribution in [0.15, 0.2) is 115 Å². The van der Waals surface area contributed by atoms with E-state index in [1.807, 2.05) is 0 Å². The van der Waals surface area contributed by atoms with Crippen molar-refractivity contribution in [3.05, 3.63) is 138 Å². The van der Waals surface area contributed by atoms with Crippen molar-refractivity contribution in [3.8, 4) is 22.3 Å². The van der Waals surface area contributed by atoms with Gasteiger partial charge in [0.25, 0.3) is 0 Å². The van der Waals surface area contributed by atoms with E-state index in [1.54, 1.807) is 11.1 Å². The van der Waals surface area contributed by atoms with Gasteiger partial charge in [0.05, 0.1) is 5.69 Å². The minimum atomic E-state index is -0.0390. The number of rotatable bonds is 3. The Morgan fingerprint density at radius 2 is 1.29 bits per heavy atom. The molecule has 0 aromatic heterocycles. The molecule has 0 radical (unpaired) electrons. The molecule has 2 saturated carbocycles. The zero-order valence-electron chi connectivity index (χ0n) is 23.9. The SMILES string of the molecule is CC1(C)c2ccccc2-c2ccc(N(c3ccccc3)c3cccc4c3-c3ccccc3C43CC4CCC3C4)cc21. The van der Waals surface area contributed by atoms with Crippen molar-refractivity contribution in [2.24, 2.45) is 11.8 Å². The third-order valence-electron chi connectivity index (χ3n) is 11.1. The van der Waals surface area contributed by atoms with E-state index in [4.69, 9.17) is 0 Å². The molecule has 1 heteroatoms. The fourth-order valence-corrected chi connectivity index (χ4v) is 9.44. The van der Waals surface area contributed by atoms with Crippen molar-refractivity contribution < 1.29 is 0 Å². The van der Waals surface area contributed by atoms with Gasteiger partial charge in [0.1, 0.15) is 0 Å². The fraction of sp³-hybridized carbons (Fsp3) is 0.250. The van der Waals surface area contributed by atoms with Crippen molar-refractivity contribution in [1.29, 1.82) is 0 Å². The lowest BCUT2D eigenvalue weighted by molar-refractivity contribution is 0.327. The van der Waals surface area contributed by atoms with Crippen molar-refractivity contribution in [2.75, 3.05) is 4.90 Å². The van der Waals surface area contributed by atoms with E-state index in [0.29, 0.717) is 0 Å². The molecule has 1 spiro atoms. The summed E-state index contributed by atoms with van der Waals surface area (Å²) in [5.41, 5.74) is 15.5. The molecule has 9 rings (SSSR count). The predicted molar refractivity (Wildman–Crippen MR) is 170 cm³/mol. The van der Waals surface area contributed by atoms with Crippen LogP contribution >= 0.6 is 0 Å². The molecule has 0 saturated heterocycles. The Balaban J connectivity index is 1.29. The quantitative estimate of drug-likeness (QED) is 0.225. The van der Waals surface area contributed by atoms with E-state index in [0.717, 1.165) is 11.8 Å². The van der Waals surface area contributed by atoms with E-state index in [2.05, 4.69) is 134 Å². The third-order valence-corrected chi connectivity index (χ3v) is 11.1. The van der Waals surface area contributed by atoms with Gasteiger partial charge in [-0.1, -0.05) is 105 Å². The Bertz CT molecular complexity index is 1850. The molecule has 3 atom stereocenters. The highest BCUT2D eigenvalue weighted by Gasteiger charge is 2.57. The lowest BCUT2D eigenvalue weighted by Crippen LogP contribution is -2.31. The molecule has 0 aliphatic heterocycles. The molecule has 200 valence electrons.